The van der Waals surface area contributed by atoms with E-state index in [1.54, 1.807) is 11.2 Å². The van der Waals surface area contributed by atoms with Gasteiger partial charge >= 0.3 is 0 Å². The van der Waals surface area contributed by atoms with E-state index in [4.69, 9.17) is 4.74 Å². The first kappa shape index (κ1) is 19.5. The molecule has 2 fully saturated rings. The van der Waals surface area contributed by atoms with Gasteiger partial charge in [0.1, 0.15) is 29.6 Å². The fourth-order valence-corrected chi connectivity index (χ4v) is 3.60. The van der Waals surface area contributed by atoms with E-state index in [1.807, 2.05) is 6.07 Å². The van der Waals surface area contributed by atoms with Gasteiger partial charge in [0.25, 0.3) is 0 Å². The van der Waals surface area contributed by atoms with Crippen LogP contribution in [0.3, 0.4) is 0 Å². The van der Waals surface area contributed by atoms with Crippen molar-refractivity contribution in [2.45, 2.75) is 6.42 Å². The van der Waals surface area contributed by atoms with Gasteiger partial charge in [-0.1, -0.05) is 6.07 Å². The molecular weight excluding hydrogens is 380 g/mol. The van der Waals surface area contributed by atoms with Crippen molar-refractivity contribution in [1.82, 2.24) is 14.9 Å². The van der Waals surface area contributed by atoms with Crippen LogP contribution in [0.1, 0.15) is 5.56 Å². The molecule has 2 aliphatic heterocycles. The third-order valence-corrected chi connectivity index (χ3v) is 5.29. The number of carbonyl (C=O) groups is 1. The van der Waals surface area contributed by atoms with Crippen LogP contribution in [0.5, 0.6) is 0 Å². The third kappa shape index (κ3) is 4.61. The molecule has 29 heavy (non-hydrogen) atoms. The fourth-order valence-electron chi connectivity index (χ4n) is 3.60. The number of morpholine rings is 1. The number of nitrogens with zero attached hydrogens (tertiary/aromatic N) is 5. The lowest BCUT2D eigenvalue weighted by Gasteiger charge is -2.36. The molecule has 2 aromatic rings. The maximum atomic E-state index is 13.8. The highest BCUT2D eigenvalue weighted by Crippen LogP contribution is 2.20. The van der Waals surface area contributed by atoms with E-state index in [2.05, 4.69) is 19.8 Å². The Morgan fingerprint density at radius 3 is 2.24 bits per heavy atom. The molecule has 2 aliphatic rings. The summed E-state index contributed by atoms with van der Waals surface area (Å²) < 4.78 is 32.2. The van der Waals surface area contributed by atoms with Gasteiger partial charge in [-0.2, -0.15) is 0 Å². The Morgan fingerprint density at radius 2 is 1.59 bits per heavy atom. The van der Waals surface area contributed by atoms with Crippen molar-refractivity contribution in [3.63, 3.8) is 0 Å². The van der Waals surface area contributed by atoms with Crippen LogP contribution in [0.2, 0.25) is 0 Å². The largest absolute Gasteiger partial charge is 0.378 e. The van der Waals surface area contributed by atoms with Crippen molar-refractivity contribution < 1.29 is 18.3 Å². The first-order valence-electron chi connectivity index (χ1n) is 9.71. The molecule has 1 amide bonds. The van der Waals surface area contributed by atoms with Crippen LogP contribution < -0.4 is 9.80 Å². The fraction of sp³-hybridized carbons (Fsp3) is 0.450. The predicted molar refractivity (Wildman–Crippen MR) is 104 cm³/mol. The summed E-state index contributed by atoms with van der Waals surface area (Å²) in [5.74, 6) is 0.218. The molecule has 7 nitrogen and oxygen atoms in total. The standard InChI is InChI=1S/C20H23F2N5O2/c21-16-2-1-15(17(22)12-16)11-20(28)27-5-3-25(4-6-27)18-13-19(24-14-23-18)26-7-9-29-10-8-26/h1-2,12-14H,3-11H2. The number of piperazine rings is 1. The SMILES string of the molecule is O=C(Cc1ccc(F)cc1F)N1CCN(c2cc(N3CCOCC3)ncn2)CC1. The zero-order valence-corrected chi connectivity index (χ0v) is 16.1. The zero-order valence-electron chi connectivity index (χ0n) is 16.1. The number of amides is 1. The number of carbonyl (C=O) groups excluding carboxylic acids is 1. The zero-order chi connectivity index (χ0) is 20.2. The number of hydrogen-bond donors (Lipinski definition) is 0. The van der Waals surface area contributed by atoms with Gasteiger partial charge in [-0.15, -0.1) is 0 Å². The average molecular weight is 403 g/mol. The third-order valence-electron chi connectivity index (χ3n) is 5.29. The average Bonchev–Trinajstić information content (AvgIpc) is 2.76. The van der Waals surface area contributed by atoms with Gasteiger partial charge in [-0.3, -0.25) is 4.79 Å². The lowest BCUT2D eigenvalue weighted by molar-refractivity contribution is -0.130. The number of aromatic nitrogens is 2. The van der Waals surface area contributed by atoms with Gasteiger partial charge in [-0.25, -0.2) is 18.7 Å². The lowest BCUT2D eigenvalue weighted by Crippen LogP contribution is -2.49. The van der Waals surface area contributed by atoms with Crippen LogP contribution in [0.25, 0.3) is 0 Å². The molecule has 0 aliphatic carbocycles. The number of ether oxygens (including phenoxy) is 1. The van der Waals surface area contributed by atoms with Crippen molar-refractivity contribution in [3.8, 4) is 0 Å². The van der Waals surface area contributed by atoms with Crippen molar-refractivity contribution in [2.75, 3.05) is 62.3 Å². The Balaban J connectivity index is 1.35. The normalized spacial score (nSPS) is 17.5. The van der Waals surface area contributed by atoms with E-state index in [9.17, 15) is 13.6 Å². The molecule has 2 saturated heterocycles. The topological polar surface area (TPSA) is 61.8 Å². The summed E-state index contributed by atoms with van der Waals surface area (Å²) in [6, 6.07) is 5.27. The second-order valence-corrected chi connectivity index (χ2v) is 7.11. The maximum Gasteiger partial charge on any atom is 0.227 e. The summed E-state index contributed by atoms with van der Waals surface area (Å²) in [5, 5.41) is 0. The van der Waals surface area contributed by atoms with E-state index in [1.165, 1.54) is 12.1 Å². The Bertz CT molecular complexity index is 868. The molecule has 0 unspecified atom stereocenters. The highest BCUT2D eigenvalue weighted by atomic mass is 19.1. The summed E-state index contributed by atoms with van der Waals surface area (Å²) in [4.78, 5) is 27.3. The van der Waals surface area contributed by atoms with E-state index in [0.29, 0.717) is 39.4 Å². The number of hydrogen-bond acceptors (Lipinski definition) is 6. The van der Waals surface area contributed by atoms with E-state index in [-0.39, 0.29) is 17.9 Å². The highest BCUT2D eigenvalue weighted by molar-refractivity contribution is 5.79. The van der Waals surface area contributed by atoms with Crippen LogP contribution in [-0.4, -0.2) is 73.3 Å². The predicted octanol–water partition coefficient (Wildman–Crippen LogP) is 1.48. The quantitative estimate of drug-likeness (QED) is 0.771. The Kier molecular flexibility index (Phi) is 5.84. The van der Waals surface area contributed by atoms with Crippen molar-refractivity contribution >= 4 is 17.5 Å². The summed E-state index contributed by atoms with van der Waals surface area (Å²) in [5.41, 5.74) is 0.213. The van der Waals surface area contributed by atoms with E-state index >= 15 is 0 Å². The number of benzene rings is 1. The highest BCUT2D eigenvalue weighted by Gasteiger charge is 2.23. The Morgan fingerprint density at radius 1 is 0.931 bits per heavy atom. The number of anilines is 2. The molecule has 0 spiro atoms. The number of rotatable bonds is 4. The summed E-state index contributed by atoms with van der Waals surface area (Å²) in [6.45, 7) is 5.31. The van der Waals surface area contributed by atoms with Crippen molar-refractivity contribution in [1.29, 1.82) is 0 Å². The first-order chi connectivity index (χ1) is 14.1. The molecule has 0 atom stereocenters. The smallest absolute Gasteiger partial charge is 0.227 e. The molecule has 0 N–H and O–H groups in total. The van der Waals surface area contributed by atoms with Crippen LogP contribution in [-0.2, 0) is 16.0 Å². The molecule has 1 aromatic heterocycles. The minimum atomic E-state index is -0.686. The van der Waals surface area contributed by atoms with Gasteiger partial charge in [0, 0.05) is 51.4 Å². The van der Waals surface area contributed by atoms with Crippen LogP contribution >= 0.6 is 0 Å². The van der Waals surface area contributed by atoms with Crippen LogP contribution in [0.15, 0.2) is 30.6 Å². The van der Waals surface area contributed by atoms with Gasteiger partial charge in [0.15, 0.2) is 0 Å². The first-order valence-corrected chi connectivity index (χ1v) is 9.71. The lowest BCUT2D eigenvalue weighted by atomic mass is 10.1. The second kappa shape index (κ2) is 8.69. The van der Waals surface area contributed by atoms with Gasteiger partial charge < -0.3 is 19.4 Å². The molecular formula is C20H23F2N5O2. The molecule has 154 valence electrons. The van der Waals surface area contributed by atoms with E-state index in [0.717, 1.165) is 30.8 Å². The molecule has 0 radical (unpaired) electrons. The van der Waals surface area contributed by atoms with Gasteiger partial charge in [-0.05, 0) is 11.6 Å². The minimum Gasteiger partial charge on any atom is -0.378 e. The monoisotopic (exact) mass is 403 g/mol. The van der Waals surface area contributed by atoms with Crippen molar-refractivity contribution in [3.05, 3.63) is 47.8 Å². The second-order valence-electron chi connectivity index (χ2n) is 7.11. The Hall–Kier alpha value is -2.81. The molecule has 4 rings (SSSR count). The maximum absolute atomic E-state index is 13.8. The molecule has 1 aromatic carbocycles. The molecule has 3 heterocycles. The van der Waals surface area contributed by atoms with Crippen molar-refractivity contribution in [2.24, 2.45) is 0 Å². The molecule has 9 heteroatoms. The Labute approximate surface area is 167 Å². The van der Waals surface area contributed by atoms with Gasteiger partial charge in [0.05, 0.1) is 19.6 Å². The summed E-state index contributed by atoms with van der Waals surface area (Å²) >= 11 is 0. The van der Waals surface area contributed by atoms with Gasteiger partial charge in [0.2, 0.25) is 5.91 Å². The minimum absolute atomic E-state index is 0.0687. The number of halogens is 2. The summed E-state index contributed by atoms with van der Waals surface area (Å²) in [6.07, 6.45) is 1.50. The summed E-state index contributed by atoms with van der Waals surface area (Å²) in [7, 11) is 0. The van der Waals surface area contributed by atoms with Crippen LogP contribution in [0.4, 0.5) is 20.4 Å². The van der Waals surface area contributed by atoms with Crippen LogP contribution in [0, 0.1) is 11.6 Å². The van der Waals surface area contributed by atoms with E-state index < -0.39 is 11.6 Å². The molecule has 0 bridgehead atoms. The molecule has 0 saturated carbocycles.